The zero-order valence-electron chi connectivity index (χ0n) is 25.1. The lowest BCUT2D eigenvalue weighted by molar-refractivity contribution is 0.805. The van der Waals surface area contributed by atoms with Crippen molar-refractivity contribution in [2.24, 2.45) is 0 Å². The van der Waals surface area contributed by atoms with Gasteiger partial charge in [0.1, 0.15) is 0 Å². The monoisotopic (exact) mass is 575 g/mol. The summed E-state index contributed by atoms with van der Waals surface area (Å²) >= 11 is 0. The van der Waals surface area contributed by atoms with Crippen molar-refractivity contribution in [1.82, 2.24) is 4.57 Å². The lowest BCUT2D eigenvalue weighted by Gasteiger charge is -2.19. The lowest BCUT2D eigenvalue weighted by Crippen LogP contribution is -2.05. The van der Waals surface area contributed by atoms with E-state index in [-0.39, 0.29) is 5.92 Å². The van der Waals surface area contributed by atoms with E-state index in [1.807, 2.05) is 0 Å². The van der Waals surface area contributed by atoms with Gasteiger partial charge in [-0.1, -0.05) is 152 Å². The van der Waals surface area contributed by atoms with Crippen molar-refractivity contribution in [2.75, 3.05) is 0 Å². The van der Waals surface area contributed by atoms with Crippen LogP contribution in [0.2, 0.25) is 0 Å². The first-order valence-electron chi connectivity index (χ1n) is 15.7. The molecule has 1 unspecified atom stereocenters. The van der Waals surface area contributed by atoms with E-state index in [4.69, 9.17) is 0 Å². The SMILES string of the molecule is c1ccc(CC(c2ccc(-c3ccccc3)cc2)c2ccc(-c3ccc4c(c3)c3ccccc3n4-c3ccccc3)cc2)cc1. The number of hydrogen-bond donors (Lipinski definition) is 0. The van der Waals surface area contributed by atoms with Gasteiger partial charge in [-0.2, -0.15) is 0 Å². The van der Waals surface area contributed by atoms with Gasteiger partial charge in [0.2, 0.25) is 0 Å². The van der Waals surface area contributed by atoms with E-state index in [2.05, 4.69) is 187 Å². The predicted molar refractivity (Wildman–Crippen MR) is 190 cm³/mol. The molecule has 1 atom stereocenters. The van der Waals surface area contributed by atoms with Gasteiger partial charge in [0.05, 0.1) is 11.0 Å². The molecule has 0 radical (unpaired) electrons. The first-order chi connectivity index (χ1) is 22.3. The summed E-state index contributed by atoms with van der Waals surface area (Å²) in [4.78, 5) is 0. The minimum atomic E-state index is 0.262. The highest BCUT2D eigenvalue weighted by Gasteiger charge is 2.17. The van der Waals surface area contributed by atoms with Crippen molar-refractivity contribution in [3.05, 3.63) is 199 Å². The van der Waals surface area contributed by atoms with E-state index < -0.39 is 0 Å². The summed E-state index contributed by atoms with van der Waals surface area (Å²) in [6.45, 7) is 0. The van der Waals surface area contributed by atoms with Gasteiger partial charge in [-0.15, -0.1) is 0 Å². The fourth-order valence-electron chi connectivity index (χ4n) is 6.73. The third-order valence-electron chi connectivity index (χ3n) is 9.04. The Hall–Kier alpha value is -5.66. The zero-order chi connectivity index (χ0) is 30.0. The molecule has 0 aliphatic rings. The largest absolute Gasteiger partial charge is 0.309 e. The molecule has 1 aromatic heterocycles. The molecule has 214 valence electrons. The number of aromatic nitrogens is 1. The normalized spacial score (nSPS) is 12.0. The van der Waals surface area contributed by atoms with Crippen LogP contribution >= 0.6 is 0 Å². The van der Waals surface area contributed by atoms with E-state index in [1.54, 1.807) is 0 Å². The van der Waals surface area contributed by atoms with Gasteiger partial charge in [-0.3, -0.25) is 0 Å². The van der Waals surface area contributed by atoms with Crippen LogP contribution in [-0.2, 0) is 6.42 Å². The number of nitrogens with zero attached hydrogens (tertiary/aromatic N) is 1. The molecule has 1 heteroatoms. The van der Waals surface area contributed by atoms with Crippen molar-refractivity contribution >= 4 is 21.8 Å². The summed E-state index contributed by atoms with van der Waals surface area (Å²) in [5.74, 6) is 0.262. The molecule has 0 saturated carbocycles. The van der Waals surface area contributed by atoms with Gasteiger partial charge < -0.3 is 4.57 Å². The van der Waals surface area contributed by atoms with Gasteiger partial charge in [0, 0.05) is 22.4 Å². The molecular weight excluding hydrogens is 542 g/mol. The summed E-state index contributed by atoms with van der Waals surface area (Å²) in [5, 5.41) is 2.55. The molecule has 0 amide bonds. The van der Waals surface area contributed by atoms with Crippen LogP contribution in [0.4, 0.5) is 0 Å². The maximum atomic E-state index is 2.37. The Morgan fingerprint density at radius 1 is 0.378 bits per heavy atom. The molecule has 0 saturated heterocycles. The number of rotatable bonds is 7. The van der Waals surface area contributed by atoms with Gasteiger partial charge in [0.25, 0.3) is 0 Å². The fraction of sp³-hybridized carbons (Fsp3) is 0.0455. The van der Waals surface area contributed by atoms with Gasteiger partial charge >= 0.3 is 0 Å². The van der Waals surface area contributed by atoms with Crippen LogP contribution in [0.3, 0.4) is 0 Å². The van der Waals surface area contributed by atoms with Crippen LogP contribution in [-0.4, -0.2) is 4.57 Å². The number of fused-ring (bicyclic) bond motifs is 3. The fourth-order valence-corrected chi connectivity index (χ4v) is 6.73. The molecule has 0 N–H and O–H groups in total. The summed E-state index contributed by atoms with van der Waals surface area (Å²) in [6.07, 6.45) is 0.954. The van der Waals surface area contributed by atoms with Crippen molar-refractivity contribution < 1.29 is 0 Å². The third kappa shape index (κ3) is 5.24. The number of hydrogen-bond acceptors (Lipinski definition) is 0. The van der Waals surface area contributed by atoms with Crippen molar-refractivity contribution in [2.45, 2.75) is 12.3 Å². The van der Waals surface area contributed by atoms with Crippen LogP contribution < -0.4 is 0 Å². The molecule has 0 aliphatic carbocycles. The van der Waals surface area contributed by atoms with E-state index in [0.717, 1.165) is 6.42 Å². The number of para-hydroxylation sites is 2. The average molecular weight is 576 g/mol. The molecule has 0 fully saturated rings. The van der Waals surface area contributed by atoms with E-state index in [1.165, 1.54) is 66.4 Å². The summed E-state index contributed by atoms with van der Waals surface area (Å²) in [6, 6.07) is 66.1. The maximum absolute atomic E-state index is 2.37. The Kier molecular flexibility index (Phi) is 7.05. The second kappa shape index (κ2) is 11.8. The topological polar surface area (TPSA) is 4.93 Å². The second-order valence-electron chi connectivity index (χ2n) is 11.8. The van der Waals surface area contributed by atoms with Gasteiger partial charge in [0.15, 0.2) is 0 Å². The summed E-state index contributed by atoms with van der Waals surface area (Å²) < 4.78 is 2.37. The minimum Gasteiger partial charge on any atom is -0.309 e. The third-order valence-corrected chi connectivity index (χ3v) is 9.04. The van der Waals surface area contributed by atoms with E-state index in [9.17, 15) is 0 Å². The molecule has 8 rings (SSSR count). The highest BCUT2D eigenvalue weighted by molar-refractivity contribution is 6.10. The molecule has 45 heavy (non-hydrogen) atoms. The van der Waals surface area contributed by atoms with Crippen LogP contribution in [0.5, 0.6) is 0 Å². The Bertz CT molecular complexity index is 2190. The molecule has 0 bridgehead atoms. The van der Waals surface area contributed by atoms with Gasteiger partial charge in [-0.05, 0) is 75.7 Å². The molecule has 1 nitrogen and oxygen atoms in total. The molecular formula is C44H33N. The Labute approximate surface area is 264 Å². The molecule has 0 spiro atoms. The quantitative estimate of drug-likeness (QED) is 0.178. The Morgan fingerprint density at radius 2 is 0.867 bits per heavy atom. The maximum Gasteiger partial charge on any atom is 0.0541 e. The van der Waals surface area contributed by atoms with Crippen LogP contribution in [0.1, 0.15) is 22.6 Å². The molecule has 1 heterocycles. The van der Waals surface area contributed by atoms with Crippen LogP contribution in [0.15, 0.2) is 182 Å². The summed E-state index contributed by atoms with van der Waals surface area (Å²) in [5.41, 5.74) is 12.6. The van der Waals surface area contributed by atoms with Crippen molar-refractivity contribution in [1.29, 1.82) is 0 Å². The minimum absolute atomic E-state index is 0.262. The standard InChI is InChI=1S/C44H33N/c1-4-12-32(13-5-1)30-41(36-24-20-34(21-25-36)33-14-6-2-7-15-33)37-26-22-35(23-27-37)38-28-29-44-42(31-38)40-18-10-11-19-43(40)45(44)39-16-8-3-9-17-39/h1-29,31,41H,30H2. The van der Waals surface area contributed by atoms with Crippen LogP contribution in [0, 0.1) is 0 Å². The van der Waals surface area contributed by atoms with E-state index in [0.29, 0.717) is 0 Å². The van der Waals surface area contributed by atoms with Crippen LogP contribution in [0.25, 0.3) is 49.7 Å². The molecule has 0 aliphatic heterocycles. The Morgan fingerprint density at radius 3 is 1.53 bits per heavy atom. The summed E-state index contributed by atoms with van der Waals surface area (Å²) in [7, 11) is 0. The highest BCUT2D eigenvalue weighted by Crippen LogP contribution is 2.36. The molecule has 7 aromatic carbocycles. The van der Waals surface area contributed by atoms with Crippen molar-refractivity contribution in [3.63, 3.8) is 0 Å². The highest BCUT2D eigenvalue weighted by atomic mass is 15.0. The first kappa shape index (κ1) is 26.9. The average Bonchev–Trinajstić information content (AvgIpc) is 3.46. The molecule has 8 aromatic rings. The number of benzene rings is 7. The Balaban J connectivity index is 1.16. The first-order valence-corrected chi connectivity index (χ1v) is 15.7. The lowest BCUT2D eigenvalue weighted by atomic mass is 9.84. The van der Waals surface area contributed by atoms with Crippen molar-refractivity contribution in [3.8, 4) is 27.9 Å². The second-order valence-corrected chi connectivity index (χ2v) is 11.8. The predicted octanol–water partition coefficient (Wildman–Crippen LogP) is 11.5. The van der Waals surface area contributed by atoms with E-state index >= 15 is 0 Å². The smallest absolute Gasteiger partial charge is 0.0541 e. The van der Waals surface area contributed by atoms with Gasteiger partial charge in [-0.25, -0.2) is 0 Å². The zero-order valence-corrected chi connectivity index (χ0v) is 25.1.